The SMILES string of the molecule is C=C[C@@H]1C[C@]1(NC(=O)[C@@H]1C[C@@H](Oc2nc(-c3ccc(OC(C)C)cc3)nc3c2oc2ccccc23)CN1C(=O)[C@@H](Nc1nc2c(s1)CCCC2)C(C)(C)C)C(=O)NS(=O)(=O)C1CC1. The number of sulfonamides is 1. The first kappa shape index (κ1) is 42.7. The van der Waals surface area contributed by atoms with Crippen molar-refractivity contribution < 1.29 is 36.7 Å². The zero-order chi connectivity index (χ0) is 44.4. The highest BCUT2D eigenvalue weighted by atomic mass is 32.2. The van der Waals surface area contributed by atoms with Crippen LogP contribution < -0.4 is 24.8 Å². The molecule has 5 atom stereocenters. The maximum absolute atomic E-state index is 15.1. The van der Waals surface area contributed by atoms with Crippen LogP contribution in [0.15, 0.2) is 65.6 Å². The van der Waals surface area contributed by atoms with Crippen molar-refractivity contribution in [3.63, 3.8) is 0 Å². The van der Waals surface area contributed by atoms with Gasteiger partial charge in [-0.2, -0.15) is 4.98 Å². The lowest BCUT2D eigenvalue weighted by atomic mass is 9.85. The van der Waals surface area contributed by atoms with Gasteiger partial charge in [-0.1, -0.05) is 39.0 Å². The number of likely N-dealkylation sites (tertiary alicyclic amines) is 1. The van der Waals surface area contributed by atoms with Crippen LogP contribution in [0, 0.1) is 11.3 Å². The minimum atomic E-state index is -3.91. The number of aryl methyl sites for hydroxylation is 2. The average Bonchev–Trinajstić information content (AvgIpc) is 4.09. The minimum absolute atomic E-state index is 0.00420. The summed E-state index contributed by atoms with van der Waals surface area (Å²) in [7, 11) is -3.91. The molecule has 15 nitrogen and oxygen atoms in total. The van der Waals surface area contributed by atoms with Gasteiger partial charge in [0.05, 0.1) is 23.6 Å². The van der Waals surface area contributed by atoms with Gasteiger partial charge in [-0.05, 0) is 101 Å². The van der Waals surface area contributed by atoms with Crippen LogP contribution in [0.2, 0.25) is 0 Å². The van der Waals surface area contributed by atoms with Crippen LogP contribution in [0.5, 0.6) is 11.6 Å². The normalized spacial score (nSPS) is 22.7. The molecule has 4 aliphatic rings. The molecular weight excluding hydrogens is 843 g/mol. The predicted octanol–water partition coefficient (Wildman–Crippen LogP) is 6.71. The molecule has 3 fully saturated rings. The van der Waals surface area contributed by atoms with E-state index < -0.39 is 62.1 Å². The number of thiazole rings is 1. The zero-order valence-electron chi connectivity index (χ0n) is 36.1. The summed E-state index contributed by atoms with van der Waals surface area (Å²) < 4.78 is 46.9. The molecule has 1 aliphatic heterocycles. The summed E-state index contributed by atoms with van der Waals surface area (Å²) in [6.07, 6.45) is 5.87. The third kappa shape index (κ3) is 8.48. The lowest BCUT2D eigenvalue weighted by molar-refractivity contribution is -0.141. The van der Waals surface area contributed by atoms with Gasteiger partial charge in [0.25, 0.3) is 11.8 Å². The number of para-hydroxylation sites is 1. The Kier molecular flexibility index (Phi) is 11.0. The lowest BCUT2D eigenvalue weighted by Gasteiger charge is -2.35. The molecule has 4 heterocycles. The van der Waals surface area contributed by atoms with Crippen LogP contribution in [0.25, 0.3) is 33.5 Å². The Labute approximate surface area is 370 Å². The highest BCUT2D eigenvalue weighted by molar-refractivity contribution is 7.91. The van der Waals surface area contributed by atoms with E-state index in [1.807, 2.05) is 83.1 Å². The smallest absolute Gasteiger partial charge is 0.262 e. The second kappa shape index (κ2) is 16.2. The molecule has 3 aliphatic carbocycles. The van der Waals surface area contributed by atoms with Gasteiger partial charge < -0.3 is 29.4 Å². The van der Waals surface area contributed by atoms with Crippen molar-refractivity contribution in [1.82, 2.24) is 29.9 Å². The fourth-order valence-electron chi connectivity index (χ4n) is 8.63. The van der Waals surface area contributed by atoms with Crippen LogP contribution in [-0.2, 0) is 37.2 Å². The first-order valence-corrected chi connectivity index (χ1v) is 24.1. The third-order valence-electron chi connectivity index (χ3n) is 12.3. The fourth-order valence-corrected chi connectivity index (χ4v) is 11.1. The zero-order valence-corrected chi connectivity index (χ0v) is 37.7. The van der Waals surface area contributed by atoms with Gasteiger partial charge in [-0.25, -0.2) is 18.4 Å². The van der Waals surface area contributed by atoms with Gasteiger partial charge in [0.15, 0.2) is 11.0 Å². The van der Waals surface area contributed by atoms with Gasteiger partial charge in [0.1, 0.15) is 40.6 Å². The number of fused-ring (bicyclic) bond motifs is 4. The number of carbonyl (C=O) groups excluding carboxylic acids is 3. The number of rotatable bonds is 14. The van der Waals surface area contributed by atoms with Crippen molar-refractivity contribution in [2.75, 3.05) is 11.9 Å². The summed E-state index contributed by atoms with van der Waals surface area (Å²) in [6.45, 7) is 13.6. The van der Waals surface area contributed by atoms with E-state index in [1.165, 1.54) is 15.9 Å². The standard InChI is InChI=1S/C46H53N7O8S2/c1-7-27-23-46(27,43(56)52-63(57,58)30-20-21-30)51-40(54)33-22-29(24-53(33)42(55)38(45(4,5)6)49-44-47-32-13-9-11-15-35(32)62-44)60-41-37-36(31-12-8-10-14-34(31)61-37)48-39(50-41)26-16-18-28(19-17-26)59-25(2)3/h7-8,10,12,14,16-19,25,27,29-30,33,38H,1,9,11,13,15,20-24H2,2-6H3,(H,47,49)(H,51,54)(H,52,56)/t27-,29-,33+,38-,46-/m1/s1. The Morgan fingerprint density at radius 3 is 2.46 bits per heavy atom. The van der Waals surface area contributed by atoms with Crippen molar-refractivity contribution in [1.29, 1.82) is 0 Å². The van der Waals surface area contributed by atoms with Crippen LogP contribution in [0.1, 0.15) is 83.7 Å². The molecule has 0 radical (unpaired) electrons. The first-order chi connectivity index (χ1) is 30.0. The molecule has 0 spiro atoms. The number of anilines is 1. The van der Waals surface area contributed by atoms with Gasteiger partial charge in [-0.15, -0.1) is 17.9 Å². The van der Waals surface area contributed by atoms with Gasteiger partial charge in [0.2, 0.25) is 27.4 Å². The highest BCUT2D eigenvalue weighted by Crippen LogP contribution is 2.46. The number of amides is 3. The molecule has 3 N–H and O–H groups in total. The van der Waals surface area contributed by atoms with Crippen molar-refractivity contribution >= 4 is 66.3 Å². The predicted molar refractivity (Wildman–Crippen MR) is 240 cm³/mol. The molecule has 2 saturated carbocycles. The lowest BCUT2D eigenvalue weighted by Crippen LogP contribution is -2.58. The maximum atomic E-state index is 15.1. The third-order valence-corrected chi connectivity index (χ3v) is 15.2. The fraction of sp³-hybridized carbons (Fsp3) is 0.478. The Hall–Kier alpha value is -5.55. The van der Waals surface area contributed by atoms with E-state index in [0.29, 0.717) is 51.8 Å². The monoisotopic (exact) mass is 895 g/mol. The van der Waals surface area contributed by atoms with Crippen molar-refractivity contribution in [2.45, 2.75) is 121 Å². The van der Waals surface area contributed by atoms with E-state index in [4.69, 9.17) is 28.8 Å². The van der Waals surface area contributed by atoms with Crippen LogP contribution >= 0.6 is 11.3 Å². The van der Waals surface area contributed by atoms with Crippen LogP contribution in [0.3, 0.4) is 0 Å². The first-order valence-electron chi connectivity index (χ1n) is 21.7. The second-order valence-corrected chi connectivity index (χ2v) is 21.6. The maximum Gasteiger partial charge on any atom is 0.262 e. The van der Waals surface area contributed by atoms with Gasteiger partial charge >= 0.3 is 0 Å². The topological polar surface area (TPSA) is 195 Å². The Balaban J connectivity index is 1.06. The highest BCUT2D eigenvalue weighted by Gasteiger charge is 2.62. The molecular formula is C46H53N7O8S2. The molecule has 332 valence electrons. The largest absolute Gasteiger partial charge is 0.491 e. The molecule has 3 amide bonds. The minimum Gasteiger partial charge on any atom is -0.491 e. The van der Waals surface area contributed by atoms with Gasteiger partial charge in [0, 0.05) is 28.2 Å². The number of nitrogens with zero attached hydrogens (tertiary/aromatic N) is 4. The summed E-state index contributed by atoms with van der Waals surface area (Å²) >= 11 is 1.56. The van der Waals surface area contributed by atoms with Crippen LogP contribution in [0.4, 0.5) is 5.13 Å². The van der Waals surface area contributed by atoms with Crippen molar-refractivity contribution in [3.05, 3.63) is 71.8 Å². The van der Waals surface area contributed by atoms with Gasteiger partial charge in [-0.3, -0.25) is 19.1 Å². The molecule has 3 aromatic heterocycles. The average molecular weight is 896 g/mol. The van der Waals surface area contributed by atoms with E-state index in [1.54, 1.807) is 11.3 Å². The van der Waals surface area contributed by atoms with E-state index in [2.05, 4.69) is 21.9 Å². The number of carbonyl (C=O) groups is 3. The summed E-state index contributed by atoms with van der Waals surface area (Å²) in [5, 5.41) is 7.11. The van der Waals surface area contributed by atoms with Crippen molar-refractivity contribution in [2.24, 2.45) is 11.3 Å². The number of furan rings is 1. The van der Waals surface area contributed by atoms with E-state index in [-0.39, 0.29) is 37.3 Å². The van der Waals surface area contributed by atoms with E-state index in [0.717, 1.165) is 36.8 Å². The van der Waals surface area contributed by atoms with Crippen molar-refractivity contribution in [3.8, 4) is 23.0 Å². The number of hydrogen-bond donors (Lipinski definition) is 3. The summed E-state index contributed by atoms with van der Waals surface area (Å²) in [6, 6.07) is 13.0. The molecule has 2 aromatic carbocycles. The number of benzene rings is 2. The van der Waals surface area contributed by atoms with E-state index >= 15 is 4.79 Å². The molecule has 5 aromatic rings. The molecule has 9 rings (SSSR count). The number of aromatic nitrogens is 3. The number of ether oxygens (including phenoxy) is 2. The molecule has 17 heteroatoms. The number of nitrogens with one attached hydrogen (secondary N) is 3. The molecule has 1 saturated heterocycles. The summed E-state index contributed by atoms with van der Waals surface area (Å²) in [5.41, 5.74) is 1.01. The molecule has 63 heavy (non-hydrogen) atoms. The molecule has 0 bridgehead atoms. The number of hydrogen-bond acceptors (Lipinski definition) is 13. The Morgan fingerprint density at radius 1 is 1.03 bits per heavy atom. The second-order valence-electron chi connectivity index (χ2n) is 18.5. The van der Waals surface area contributed by atoms with E-state index in [9.17, 15) is 18.0 Å². The molecule has 0 unspecified atom stereocenters. The van der Waals surface area contributed by atoms with Crippen LogP contribution in [-0.4, -0.2) is 87.6 Å². The Bertz CT molecular complexity index is 2700. The summed E-state index contributed by atoms with van der Waals surface area (Å²) in [5.74, 6) is -1.08. The quantitative estimate of drug-likeness (QED) is 0.1000. The Morgan fingerprint density at radius 2 is 1.78 bits per heavy atom. The summed E-state index contributed by atoms with van der Waals surface area (Å²) in [4.78, 5) is 60.9.